The molecule has 1 aromatic heterocycles. The van der Waals surface area contributed by atoms with Gasteiger partial charge in [0, 0.05) is 37.8 Å². The van der Waals surface area contributed by atoms with Gasteiger partial charge in [-0.05, 0) is 18.6 Å². The number of benzene rings is 1. The minimum atomic E-state index is -0.400. The van der Waals surface area contributed by atoms with Gasteiger partial charge < -0.3 is 9.64 Å². The molecular formula is C18H22FN3O2S. The summed E-state index contributed by atoms with van der Waals surface area (Å²) < 4.78 is 18.9. The normalized spacial score (nSPS) is 15.8. The fourth-order valence-electron chi connectivity index (χ4n) is 2.87. The van der Waals surface area contributed by atoms with Crippen LogP contribution >= 0.6 is 11.3 Å². The Labute approximate surface area is 151 Å². The first-order valence-electron chi connectivity index (χ1n) is 8.48. The summed E-state index contributed by atoms with van der Waals surface area (Å²) in [7, 11) is 0. The van der Waals surface area contributed by atoms with Crippen LogP contribution in [0.2, 0.25) is 0 Å². The van der Waals surface area contributed by atoms with Gasteiger partial charge in [0.25, 0.3) is 0 Å². The van der Waals surface area contributed by atoms with E-state index in [1.165, 1.54) is 6.07 Å². The summed E-state index contributed by atoms with van der Waals surface area (Å²) in [5, 5.41) is 3.09. The summed E-state index contributed by atoms with van der Waals surface area (Å²) in [5.74, 6) is -0.143. The molecule has 7 heteroatoms. The van der Waals surface area contributed by atoms with Gasteiger partial charge in [-0.15, -0.1) is 11.3 Å². The van der Waals surface area contributed by atoms with Crippen molar-refractivity contribution in [2.45, 2.75) is 19.4 Å². The van der Waals surface area contributed by atoms with Crippen molar-refractivity contribution in [2.24, 2.45) is 0 Å². The molecule has 1 saturated heterocycles. The standard InChI is InChI=1S/C18H22FN3O2S/c19-15-4-1-2-5-16(15)24-12-6-18(23)22-9-3-8-21(10-11-22)14-17-20-7-13-25-17/h1-2,4-5,7,13H,3,6,8-12,14H2. The molecule has 2 heterocycles. The lowest BCUT2D eigenvalue weighted by molar-refractivity contribution is -0.131. The van der Waals surface area contributed by atoms with Gasteiger partial charge in [0.15, 0.2) is 11.6 Å². The Morgan fingerprint density at radius 1 is 1.24 bits per heavy atom. The van der Waals surface area contributed by atoms with E-state index in [4.69, 9.17) is 4.74 Å². The van der Waals surface area contributed by atoms with E-state index in [9.17, 15) is 9.18 Å². The molecule has 0 bridgehead atoms. The number of rotatable bonds is 6. The average molecular weight is 363 g/mol. The first-order chi connectivity index (χ1) is 12.2. The highest BCUT2D eigenvalue weighted by molar-refractivity contribution is 7.09. The fourth-order valence-corrected chi connectivity index (χ4v) is 3.53. The Kier molecular flexibility index (Phi) is 6.36. The molecule has 5 nitrogen and oxygen atoms in total. The van der Waals surface area contributed by atoms with Crippen LogP contribution in [0.5, 0.6) is 5.75 Å². The second-order valence-electron chi connectivity index (χ2n) is 5.97. The smallest absolute Gasteiger partial charge is 0.226 e. The second-order valence-corrected chi connectivity index (χ2v) is 6.94. The molecule has 25 heavy (non-hydrogen) atoms. The molecule has 0 N–H and O–H groups in total. The summed E-state index contributed by atoms with van der Waals surface area (Å²) >= 11 is 1.66. The van der Waals surface area contributed by atoms with E-state index in [-0.39, 0.29) is 24.7 Å². The third-order valence-electron chi connectivity index (χ3n) is 4.19. The van der Waals surface area contributed by atoms with Crippen molar-refractivity contribution in [3.63, 3.8) is 0 Å². The lowest BCUT2D eigenvalue weighted by Crippen LogP contribution is -2.35. The quantitative estimate of drug-likeness (QED) is 0.792. The Morgan fingerprint density at radius 2 is 2.12 bits per heavy atom. The van der Waals surface area contributed by atoms with Crippen molar-refractivity contribution < 1.29 is 13.9 Å². The topological polar surface area (TPSA) is 45.7 Å². The van der Waals surface area contributed by atoms with Gasteiger partial charge in [0.2, 0.25) is 5.91 Å². The van der Waals surface area contributed by atoms with Gasteiger partial charge in [0.1, 0.15) is 5.01 Å². The third-order valence-corrected chi connectivity index (χ3v) is 4.96. The van der Waals surface area contributed by atoms with Gasteiger partial charge in [0.05, 0.1) is 19.6 Å². The number of hydrogen-bond acceptors (Lipinski definition) is 5. The number of aromatic nitrogens is 1. The molecule has 1 aromatic carbocycles. The number of halogens is 1. The Balaban J connectivity index is 1.42. The molecule has 0 radical (unpaired) electrons. The first kappa shape index (κ1) is 17.8. The Hall–Kier alpha value is -1.99. The highest BCUT2D eigenvalue weighted by atomic mass is 32.1. The van der Waals surface area contributed by atoms with Crippen LogP contribution < -0.4 is 4.74 Å². The number of para-hydroxylation sites is 1. The van der Waals surface area contributed by atoms with E-state index in [0.29, 0.717) is 6.54 Å². The van der Waals surface area contributed by atoms with E-state index in [2.05, 4.69) is 9.88 Å². The maximum Gasteiger partial charge on any atom is 0.226 e. The van der Waals surface area contributed by atoms with Gasteiger partial charge in [-0.3, -0.25) is 9.69 Å². The van der Waals surface area contributed by atoms with Crippen LogP contribution in [0.15, 0.2) is 35.8 Å². The first-order valence-corrected chi connectivity index (χ1v) is 9.36. The van der Waals surface area contributed by atoms with E-state index in [0.717, 1.165) is 37.6 Å². The molecule has 1 aliphatic heterocycles. The molecule has 0 unspecified atom stereocenters. The summed E-state index contributed by atoms with van der Waals surface area (Å²) in [4.78, 5) is 20.9. The predicted octanol–water partition coefficient (Wildman–Crippen LogP) is 2.79. The van der Waals surface area contributed by atoms with Gasteiger partial charge in [-0.25, -0.2) is 9.37 Å². The van der Waals surface area contributed by atoms with Crippen molar-refractivity contribution in [3.05, 3.63) is 46.7 Å². The minimum absolute atomic E-state index is 0.0624. The molecule has 0 atom stereocenters. The maximum atomic E-state index is 13.5. The van der Waals surface area contributed by atoms with Crippen LogP contribution in [-0.2, 0) is 11.3 Å². The molecule has 3 rings (SSSR count). The summed E-state index contributed by atoms with van der Waals surface area (Å²) in [6.07, 6.45) is 3.04. The fraction of sp³-hybridized carbons (Fsp3) is 0.444. The zero-order valence-electron chi connectivity index (χ0n) is 14.1. The highest BCUT2D eigenvalue weighted by Gasteiger charge is 2.19. The summed E-state index contributed by atoms with van der Waals surface area (Å²) in [6, 6.07) is 6.25. The number of hydrogen-bond donors (Lipinski definition) is 0. The van der Waals surface area contributed by atoms with E-state index in [1.54, 1.807) is 29.5 Å². The number of nitrogens with zero attached hydrogens (tertiary/aromatic N) is 3. The van der Waals surface area contributed by atoms with Gasteiger partial charge >= 0.3 is 0 Å². The summed E-state index contributed by atoms with van der Waals surface area (Å²) in [6.45, 7) is 4.32. The number of carbonyl (C=O) groups is 1. The van der Waals surface area contributed by atoms with E-state index in [1.807, 2.05) is 16.5 Å². The van der Waals surface area contributed by atoms with Crippen LogP contribution in [0.1, 0.15) is 17.8 Å². The van der Waals surface area contributed by atoms with Crippen molar-refractivity contribution in [3.8, 4) is 5.75 Å². The zero-order valence-corrected chi connectivity index (χ0v) is 14.9. The number of thiazole rings is 1. The lowest BCUT2D eigenvalue weighted by Gasteiger charge is -2.21. The molecule has 1 fully saturated rings. The monoisotopic (exact) mass is 363 g/mol. The van der Waals surface area contributed by atoms with Crippen molar-refractivity contribution in [1.29, 1.82) is 0 Å². The lowest BCUT2D eigenvalue weighted by atomic mass is 10.3. The molecule has 1 aliphatic rings. The molecule has 134 valence electrons. The van der Waals surface area contributed by atoms with E-state index >= 15 is 0 Å². The van der Waals surface area contributed by atoms with Crippen molar-refractivity contribution in [2.75, 3.05) is 32.8 Å². The van der Waals surface area contributed by atoms with Crippen molar-refractivity contribution >= 4 is 17.2 Å². The maximum absolute atomic E-state index is 13.5. The van der Waals surface area contributed by atoms with Crippen LogP contribution in [-0.4, -0.2) is 53.5 Å². The SMILES string of the molecule is O=C(CCOc1ccccc1F)N1CCCN(Cc2nccs2)CC1. The second kappa shape index (κ2) is 8.92. The van der Waals surface area contributed by atoms with Crippen LogP contribution in [0.4, 0.5) is 4.39 Å². The third kappa shape index (κ3) is 5.24. The zero-order chi connectivity index (χ0) is 17.5. The predicted molar refractivity (Wildman–Crippen MR) is 95.1 cm³/mol. The Morgan fingerprint density at radius 3 is 2.92 bits per heavy atom. The molecular weight excluding hydrogens is 341 g/mol. The highest BCUT2D eigenvalue weighted by Crippen LogP contribution is 2.16. The van der Waals surface area contributed by atoms with Crippen LogP contribution in [0, 0.1) is 5.82 Å². The number of carbonyl (C=O) groups excluding carboxylic acids is 1. The minimum Gasteiger partial charge on any atom is -0.490 e. The Bertz CT molecular complexity index is 681. The van der Waals surface area contributed by atoms with Crippen LogP contribution in [0.3, 0.4) is 0 Å². The van der Waals surface area contributed by atoms with Crippen molar-refractivity contribution in [1.82, 2.24) is 14.8 Å². The average Bonchev–Trinajstić information content (AvgIpc) is 3.01. The van der Waals surface area contributed by atoms with Gasteiger partial charge in [-0.2, -0.15) is 0 Å². The molecule has 2 aromatic rings. The summed E-state index contributed by atoms with van der Waals surface area (Å²) in [5.41, 5.74) is 0. The van der Waals surface area contributed by atoms with Gasteiger partial charge in [-0.1, -0.05) is 12.1 Å². The van der Waals surface area contributed by atoms with Crippen LogP contribution in [0.25, 0.3) is 0 Å². The number of amides is 1. The molecule has 0 spiro atoms. The molecule has 0 aliphatic carbocycles. The van der Waals surface area contributed by atoms with E-state index < -0.39 is 5.82 Å². The number of ether oxygens (including phenoxy) is 1. The largest absolute Gasteiger partial charge is 0.490 e. The molecule has 0 saturated carbocycles. The molecule has 1 amide bonds.